The third-order valence-electron chi connectivity index (χ3n) is 5.93. The molecule has 1 atom stereocenters. The van der Waals surface area contributed by atoms with Gasteiger partial charge in [-0.15, -0.1) is 0 Å². The molecule has 204 valence electrons. The number of benzene rings is 1. The van der Waals surface area contributed by atoms with Crippen LogP contribution in [0, 0.1) is 18.7 Å². The van der Waals surface area contributed by atoms with Gasteiger partial charge >= 0.3 is 6.18 Å². The topological polar surface area (TPSA) is 80.2 Å². The number of halogens is 6. The van der Waals surface area contributed by atoms with E-state index in [2.05, 4.69) is 19.7 Å². The van der Waals surface area contributed by atoms with Crippen LogP contribution in [-0.2, 0) is 12.6 Å². The number of aryl methyl sites for hydroxylation is 1. The predicted molar refractivity (Wildman–Crippen MR) is 127 cm³/mol. The van der Waals surface area contributed by atoms with Crippen molar-refractivity contribution >= 4 is 23.1 Å². The summed E-state index contributed by atoms with van der Waals surface area (Å²) in [5.41, 5.74) is 0.00627. The summed E-state index contributed by atoms with van der Waals surface area (Å²) in [4.78, 5) is 22.3. The standard InChI is InChI=1S/C24H23F6N5O2S/c1-13-22(19(38-34-13)7-16-8-32-20(9-31-16)24(28,29)30)23(36)33-15-2-3-17(25)18(6-15)37-12-14-4-5-35(10-14)11-21(26)27/h2-3,6,8-9,14,21H,4-5,7,10-12H2,1H3,(H,33,36)/t14-/m0/s1. The summed E-state index contributed by atoms with van der Waals surface area (Å²) in [5, 5.41) is 2.67. The quantitative estimate of drug-likeness (QED) is 0.363. The van der Waals surface area contributed by atoms with Gasteiger partial charge in [0.25, 0.3) is 12.3 Å². The van der Waals surface area contributed by atoms with Gasteiger partial charge in [0, 0.05) is 41.7 Å². The number of likely N-dealkylation sites (tertiary alicyclic amines) is 1. The maximum atomic E-state index is 14.3. The molecule has 0 unspecified atom stereocenters. The molecule has 0 spiro atoms. The van der Waals surface area contributed by atoms with E-state index < -0.39 is 30.0 Å². The summed E-state index contributed by atoms with van der Waals surface area (Å²) >= 11 is 1.01. The fourth-order valence-corrected chi connectivity index (χ4v) is 4.97. The lowest BCUT2D eigenvalue weighted by Gasteiger charge is -2.16. The van der Waals surface area contributed by atoms with Crippen LogP contribution in [-0.4, -0.2) is 57.8 Å². The van der Waals surface area contributed by atoms with E-state index >= 15 is 0 Å². The highest BCUT2D eigenvalue weighted by Crippen LogP contribution is 2.29. The van der Waals surface area contributed by atoms with Gasteiger partial charge in [0.2, 0.25) is 0 Å². The summed E-state index contributed by atoms with van der Waals surface area (Å²) in [5.74, 6) is -1.29. The van der Waals surface area contributed by atoms with Gasteiger partial charge in [-0.2, -0.15) is 17.5 Å². The Hall–Kier alpha value is -3.26. The highest BCUT2D eigenvalue weighted by Gasteiger charge is 2.33. The van der Waals surface area contributed by atoms with E-state index in [1.165, 1.54) is 12.1 Å². The normalized spacial score (nSPS) is 16.3. The molecule has 4 rings (SSSR count). The molecule has 0 bridgehead atoms. The van der Waals surface area contributed by atoms with Crippen molar-refractivity contribution in [2.75, 3.05) is 31.6 Å². The van der Waals surface area contributed by atoms with Crippen molar-refractivity contribution in [2.24, 2.45) is 5.92 Å². The fourth-order valence-electron chi connectivity index (χ4n) is 4.09. The van der Waals surface area contributed by atoms with E-state index in [1.54, 1.807) is 11.8 Å². The van der Waals surface area contributed by atoms with Crippen LogP contribution in [0.15, 0.2) is 30.6 Å². The number of rotatable bonds is 9. The number of amides is 1. The number of carbonyl (C=O) groups excluding carboxylic acids is 1. The first kappa shape index (κ1) is 27.8. The summed E-state index contributed by atoms with van der Waals surface area (Å²) < 4.78 is 87.5. The van der Waals surface area contributed by atoms with E-state index in [0.717, 1.165) is 23.8 Å². The summed E-state index contributed by atoms with van der Waals surface area (Å²) in [7, 11) is 0. The molecule has 14 heteroatoms. The minimum atomic E-state index is -4.61. The molecule has 1 aromatic carbocycles. The summed E-state index contributed by atoms with van der Waals surface area (Å²) in [6.45, 7) is 2.40. The van der Waals surface area contributed by atoms with Gasteiger partial charge in [0.15, 0.2) is 17.3 Å². The molecule has 1 saturated heterocycles. The summed E-state index contributed by atoms with van der Waals surface area (Å²) in [6.07, 6.45) is -4.70. The fraction of sp³-hybridized carbons (Fsp3) is 0.417. The molecule has 2 aromatic heterocycles. The molecule has 0 aliphatic carbocycles. The van der Waals surface area contributed by atoms with Crippen LogP contribution in [0.25, 0.3) is 0 Å². The van der Waals surface area contributed by atoms with Crippen molar-refractivity contribution in [1.29, 1.82) is 0 Å². The van der Waals surface area contributed by atoms with Crippen LogP contribution in [0.3, 0.4) is 0 Å². The average Bonchev–Trinajstić information content (AvgIpc) is 3.44. The zero-order chi connectivity index (χ0) is 27.4. The third kappa shape index (κ3) is 6.98. The van der Waals surface area contributed by atoms with E-state index in [-0.39, 0.29) is 48.2 Å². The summed E-state index contributed by atoms with van der Waals surface area (Å²) in [6, 6.07) is 3.82. The molecule has 0 radical (unpaired) electrons. The van der Waals surface area contributed by atoms with Gasteiger partial charge in [-0.3, -0.25) is 14.7 Å². The lowest BCUT2D eigenvalue weighted by atomic mass is 10.1. The van der Waals surface area contributed by atoms with Crippen LogP contribution >= 0.6 is 11.5 Å². The Morgan fingerprint density at radius 2 is 2.05 bits per heavy atom. The van der Waals surface area contributed by atoms with Crippen molar-refractivity contribution in [1.82, 2.24) is 19.2 Å². The number of nitrogens with zero attached hydrogens (tertiary/aromatic N) is 4. The van der Waals surface area contributed by atoms with Crippen LogP contribution in [0.1, 0.15) is 38.7 Å². The predicted octanol–water partition coefficient (Wildman–Crippen LogP) is 5.21. The van der Waals surface area contributed by atoms with Crippen molar-refractivity contribution in [2.45, 2.75) is 32.4 Å². The Morgan fingerprint density at radius 3 is 2.74 bits per heavy atom. The Morgan fingerprint density at radius 1 is 1.26 bits per heavy atom. The molecule has 1 fully saturated rings. The van der Waals surface area contributed by atoms with Crippen molar-refractivity contribution in [3.8, 4) is 5.75 Å². The molecule has 38 heavy (non-hydrogen) atoms. The van der Waals surface area contributed by atoms with E-state index in [9.17, 15) is 31.1 Å². The maximum absolute atomic E-state index is 14.3. The zero-order valence-corrected chi connectivity index (χ0v) is 20.9. The highest BCUT2D eigenvalue weighted by molar-refractivity contribution is 7.06. The third-order valence-corrected chi connectivity index (χ3v) is 6.86. The Bertz CT molecular complexity index is 1270. The molecule has 3 aromatic rings. The molecule has 3 heterocycles. The molecule has 1 N–H and O–H groups in total. The molecule has 1 aliphatic heterocycles. The number of hydrogen-bond donors (Lipinski definition) is 1. The number of anilines is 1. The monoisotopic (exact) mass is 559 g/mol. The molecule has 7 nitrogen and oxygen atoms in total. The van der Waals surface area contributed by atoms with E-state index in [4.69, 9.17) is 4.74 Å². The van der Waals surface area contributed by atoms with Crippen molar-refractivity contribution < 1.29 is 35.9 Å². The van der Waals surface area contributed by atoms with Crippen LogP contribution in [0.4, 0.5) is 32.0 Å². The van der Waals surface area contributed by atoms with Crippen molar-refractivity contribution in [3.63, 3.8) is 0 Å². The first-order valence-corrected chi connectivity index (χ1v) is 12.3. The van der Waals surface area contributed by atoms with Crippen LogP contribution in [0.2, 0.25) is 0 Å². The number of hydrogen-bond acceptors (Lipinski definition) is 7. The first-order valence-electron chi connectivity index (χ1n) is 11.6. The minimum absolute atomic E-state index is 0.0261. The molecule has 1 amide bonds. The second-order valence-corrected chi connectivity index (χ2v) is 9.71. The van der Waals surface area contributed by atoms with Crippen molar-refractivity contribution in [3.05, 3.63) is 63.9 Å². The maximum Gasteiger partial charge on any atom is 0.434 e. The SMILES string of the molecule is Cc1nsc(Cc2cnc(C(F)(F)F)cn2)c1C(=O)Nc1ccc(F)c(OC[C@H]2CCN(CC(F)F)C2)c1. The number of ether oxygens (including phenoxy) is 1. The molecular weight excluding hydrogens is 536 g/mol. The number of nitrogens with one attached hydrogen (secondary N) is 1. The Balaban J connectivity index is 1.40. The highest BCUT2D eigenvalue weighted by atomic mass is 32.1. The number of carbonyl (C=O) groups is 1. The first-order chi connectivity index (χ1) is 18.0. The molecule has 0 saturated carbocycles. The zero-order valence-electron chi connectivity index (χ0n) is 20.1. The lowest BCUT2D eigenvalue weighted by Crippen LogP contribution is -2.27. The second kappa shape index (κ2) is 11.6. The van der Waals surface area contributed by atoms with Gasteiger partial charge in [-0.05, 0) is 43.6 Å². The average molecular weight is 560 g/mol. The van der Waals surface area contributed by atoms with E-state index in [0.29, 0.717) is 36.3 Å². The second-order valence-electron chi connectivity index (χ2n) is 8.85. The number of aromatic nitrogens is 3. The van der Waals surface area contributed by atoms with Gasteiger partial charge < -0.3 is 10.1 Å². The smallest absolute Gasteiger partial charge is 0.434 e. The largest absolute Gasteiger partial charge is 0.490 e. The number of alkyl halides is 5. The van der Waals surface area contributed by atoms with Gasteiger partial charge in [-0.1, -0.05) is 0 Å². The minimum Gasteiger partial charge on any atom is -0.490 e. The molecular formula is C24H23F6N5O2S. The Kier molecular flexibility index (Phi) is 8.51. The van der Waals surface area contributed by atoms with Crippen LogP contribution < -0.4 is 10.1 Å². The molecule has 1 aliphatic rings. The van der Waals surface area contributed by atoms with Gasteiger partial charge in [0.1, 0.15) is 0 Å². The van der Waals surface area contributed by atoms with Gasteiger partial charge in [0.05, 0.1) is 36.3 Å². The lowest BCUT2D eigenvalue weighted by molar-refractivity contribution is -0.141. The van der Waals surface area contributed by atoms with E-state index in [1.807, 2.05) is 0 Å². The van der Waals surface area contributed by atoms with Crippen LogP contribution in [0.5, 0.6) is 5.75 Å². The van der Waals surface area contributed by atoms with Gasteiger partial charge in [-0.25, -0.2) is 18.2 Å². The Labute approximate surface area is 218 Å².